The molecule has 0 radical (unpaired) electrons. The van der Waals surface area contributed by atoms with Crippen molar-refractivity contribution in [2.45, 2.75) is 70.6 Å². The molecular formula is C23H28O5. The Hall–Kier alpha value is -2.17. The van der Waals surface area contributed by atoms with E-state index in [9.17, 15) is 14.4 Å². The summed E-state index contributed by atoms with van der Waals surface area (Å²) in [5, 5.41) is 8.66. The minimum Gasteiger partial charge on any atom is -0.481 e. The molecule has 0 amide bonds. The van der Waals surface area contributed by atoms with E-state index in [4.69, 9.17) is 9.84 Å². The van der Waals surface area contributed by atoms with Crippen molar-refractivity contribution in [1.82, 2.24) is 0 Å². The number of carboxylic acids is 1. The number of aryl methyl sites for hydroxylation is 1. The van der Waals surface area contributed by atoms with Crippen LogP contribution in [0.15, 0.2) is 18.2 Å². The maximum absolute atomic E-state index is 12.4. The van der Waals surface area contributed by atoms with Crippen LogP contribution in [0.5, 0.6) is 5.75 Å². The van der Waals surface area contributed by atoms with E-state index in [1.54, 1.807) is 0 Å². The molecule has 28 heavy (non-hydrogen) atoms. The Bertz CT molecular complexity index is 813. The summed E-state index contributed by atoms with van der Waals surface area (Å²) >= 11 is 0. The number of carboxylic acid groups (broad SMARTS) is 1. The van der Waals surface area contributed by atoms with Crippen LogP contribution in [0.1, 0.15) is 75.3 Å². The number of aliphatic carboxylic acids is 1. The summed E-state index contributed by atoms with van der Waals surface area (Å²) in [6.45, 7) is 2.19. The fourth-order valence-electron chi connectivity index (χ4n) is 5.96. The second kappa shape index (κ2) is 7.34. The first kappa shape index (κ1) is 19.2. The molecule has 0 aliphatic heterocycles. The first-order valence-corrected chi connectivity index (χ1v) is 10.5. The Morgan fingerprint density at radius 3 is 2.79 bits per heavy atom. The smallest absolute Gasteiger partial charge is 0.311 e. The summed E-state index contributed by atoms with van der Waals surface area (Å²) in [6.07, 6.45) is 6.27. The highest BCUT2D eigenvalue weighted by atomic mass is 16.5. The number of carbonyl (C=O) groups excluding carboxylic acids is 2. The highest BCUT2D eigenvalue weighted by Crippen LogP contribution is 2.59. The SMILES string of the molecule is C[C@]12CCC3c4ccc(OC(=O)CCCC(=O)O)cc4CCC3C1CCC2=O. The number of hydrogen-bond donors (Lipinski definition) is 1. The molecule has 3 unspecified atom stereocenters. The summed E-state index contributed by atoms with van der Waals surface area (Å²) in [5.74, 6) is 1.34. The molecule has 1 aromatic rings. The van der Waals surface area contributed by atoms with Crippen molar-refractivity contribution in [3.05, 3.63) is 29.3 Å². The van der Waals surface area contributed by atoms with Crippen LogP contribution in [0, 0.1) is 17.3 Å². The van der Waals surface area contributed by atoms with E-state index in [2.05, 4.69) is 13.0 Å². The van der Waals surface area contributed by atoms with Gasteiger partial charge in [0.05, 0.1) is 0 Å². The fourth-order valence-corrected chi connectivity index (χ4v) is 5.96. The van der Waals surface area contributed by atoms with Gasteiger partial charge >= 0.3 is 11.9 Å². The molecule has 1 N–H and O–H groups in total. The van der Waals surface area contributed by atoms with Crippen molar-refractivity contribution in [1.29, 1.82) is 0 Å². The van der Waals surface area contributed by atoms with Gasteiger partial charge in [-0.05, 0) is 79.5 Å². The van der Waals surface area contributed by atoms with Gasteiger partial charge in [-0.3, -0.25) is 14.4 Å². The van der Waals surface area contributed by atoms with Crippen molar-refractivity contribution in [3.63, 3.8) is 0 Å². The zero-order valence-corrected chi connectivity index (χ0v) is 16.4. The van der Waals surface area contributed by atoms with Gasteiger partial charge in [-0.2, -0.15) is 0 Å². The largest absolute Gasteiger partial charge is 0.481 e. The molecule has 1 aromatic carbocycles. The Morgan fingerprint density at radius 1 is 1.18 bits per heavy atom. The minimum absolute atomic E-state index is 0.0229. The molecule has 4 rings (SSSR count). The topological polar surface area (TPSA) is 80.7 Å². The molecule has 0 bridgehead atoms. The molecule has 0 aromatic heterocycles. The third-order valence-electron chi connectivity index (χ3n) is 7.41. The van der Waals surface area contributed by atoms with Crippen molar-refractivity contribution in [3.8, 4) is 5.75 Å². The van der Waals surface area contributed by atoms with Crippen molar-refractivity contribution >= 4 is 17.7 Å². The first-order valence-electron chi connectivity index (χ1n) is 10.5. The third kappa shape index (κ3) is 3.36. The summed E-state index contributed by atoms with van der Waals surface area (Å²) in [6, 6.07) is 5.95. The van der Waals surface area contributed by atoms with Gasteiger partial charge in [0.15, 0.2) is 0 Å². The van der Waals surface area contributed by atoms with Gasteiger partial charge in [-0.1, -0.05) is 13.0 Å². The summed E-state index contributed by atoms with van der Waals surface area (Å²) in [4.78, 5) is 34.9. The number of hydrogen-bond acceptors (Lipinski definition) is 4. The Labute approximate surface area is 165 Å². The zero-order valence-electron chi connectivity index (χ0n) is 16.4. The standard InChI is InChI=1S/C23H28O5/c1-23-12-11-17-16-8-6-15(28-22(27)4-2-3-21(25)26)13-14(16)5-7-18(17)19(23)9-10-20(23)24/h6,8,13,17-19H,2-5,7,9-12H2,1H3,(H,25,26)/t17?,18?,19?,23-/m0/s1. The second-order valence-corrected chi connectivity index (χ2v) is 8.92. The lowest BCUT2D eigenvalue weighted by molar-refractivity contribution is -0.137. The van der Waals surface area contributed by atoms with E-state index in [0.717, 1.165) is 38.5 Å². The lowest BCUT2D eigenvalue weighted by Gasteiger charge is -2.48. The van der Waals surface area contributed by atoms with E-state index in [1.165, 1.54) is 11.1 Å². The number of ketones is 1. The molecule has 4 atom stereocenters. The number of fused-ring (bicyclic) bond motifs is 5. The van der Waals surface area contributed by atoms with Gasteiger partial charge in [-0.15, -0.1) is 0 Å². The molecular weight excluding hydrogens is 356 g/mol. The Balaban J connectivity index is 1.45. The van der Waals surface area contributed by atoms with Crippen molar-refractivity contribution < 1.29 is 24.2 Å². The molecule has 3 aliphatic carbocycles. The number of ether oxygens (including phenoxy) is 1. The highest BCUT2D eigenvalue weighted by molar-refractivity contribution is 5.87. The van der Waals surface area contributed by atoms with Crippen molar-refractivity contribution in [2.75, 3.05) is 0 Å². The maximum atomic E-state index is 12.4. The minimum atomic E-state index is -0.899. The van der Waals surface area contributed by atoms with E-state index in [0.29, 0.717) is 35.7 Å². The Kier molecular flexibility index (Phi) is 5.02. The number of rotatable bonds is 5. The molecule has 0 spiro atoms. The van der Waals surface area contributed by atoms with Crippen LogP contribution in [-0.2, 0) is 20.8 Å². The molecule has 5 heteroatoms. The van der Waals surface area contributed by atoms with Gasteiger partial charge in [0.25, 0.3) is 0 Å². The summed E-state index contributed by atoms with van der Waals surface area (Å²) < 4.78 is 5.42. The predicted molar refractivity (Wildman–Crippen MR) is 103 cm³/mol. The van der Waals surface area contributed by atoms with Crippen LogP contribution in [0.3, 0.4) is 0 Å². The fraction of sp³-hybridized carbons (Fsp3) is 0.609. The molecule has 3 aliphatic rings. The van der Waals surface area contributed by atoms with Crippen LogP contribution in [0.4, 0.5) is 0 Å². The maximum Gasteiger partial charge on any atom is 0.311 e. The molecule has 5 nitrogen and oxygen atoms in total. The zero-order chi connectivity index (χ0) is 19.9. The van der Waals surface area contributed by atoms with Crippen LogP contribution < -0.4 is 4.74 Å². The van der Waals surface area contributed by atoms with Gasteiger partial charge in [0, 0.05) is 24.7 Å². The number of carbonyl (C=O) groups is 3. The van der Waals surface area contributed by atoms with Crippen LogP contribution in [0.25, 0.3) is 0 Å². The first-order chi connectivity index (χ1) is 13.4. The summed E-state index contributed by atoms with van der Waals surface area (Å²) in [5.41, 5.74) is 2.51. The van der Waals surface area contributed by atoms with E-state index in [-0.39, 0.29) is 24.2 Å². The third-order valence-corrected chi connectivity index (χ3v) is 7.41. The summed E-state index contributed by atoms with van der Waals surface area (Å²) in [7, 11) is 0. The van der Waals surface area contributed by atoms with Crippen LogP contribution in [-0.4, -0.2) is 22.8 Å². The quantitative estimate of drug-likeness (QED) is 0.606. The van der Waals surface area contributed by atoms with Crippen LogP contribution >= 0.6 is 0 Å². The number of esters is 1. The molecule has 2 fully saturated rings. The number of benzene rings is 1. The van der Waals surface area contributed by atoms with Gasteiger partial charge in [-0.25, -0.2) is 0 Å². The van der Waals surface area contributed by atoms with E-state index in [1.807, 2.05) is 12.1 Å². The average molecular weight is 384 g/mol. The van der Waals surface area contributed by atoms with Gasteiger partial charge < -0.3 is 9.84 Å². The van der Waals surface area contributed by atoms with E-state index >= 15 is 0 Å². The predicted octanol–water partition coefficient (Wildman–Crippen LogP) is 4.27. The lowest BCUT2D eigenvalue weighted by Crippen LogP contribution is -2.42. The second-order valence-electron chi connectivity index (χ2n) is 8.92. The molecule has 150 valence electrons. The highest BCUT2D eigenvalue weighted by Gasteiger charge is 2.54. The average Bonchev–Trinajstić information content (AvgIpc) is 2.96. The normalized spacial score (nSPS) is 30.9. The molecule has 0 saturated heterocycles. The molecule has 2 saturated carbocycles. The van der Waals surface area contributed by atoms with Crippen LogP contribution in [0.2, 0.25) is 0 Å². The van der Waals surface area contributed by atoms with E-state index < -0.39 is 5.97 Å². The number of Topliss-reactive ketones (excluding diaryl/α,β-unsaturated/α-hetero) is 1. The van der Waals surface area contributed by atoms with Crippen molar-refractivity contribution in [2.24, 2.45) is 17.3 Å². The Morgan fingerprint density at radius 2 is 2.00 bits per heavy atom. The monoisotopic (exact) mass is 384 g/mol. The van der Waals surface area contributed by atoms with Gasteiger partial charge in [0.2, 0.25) is 0 Å². The lowest BCUT2D eigenvalue weighted by atomic mass is 9.55. The van der Waals surface area contributed by atoms with Gasteiger partial charge in [0.1, 0.15) is 11.5 Å². The molecule has 0 heterocycles.